The first-order chi connectivity index (χ1) is 11.1. The van der Waals surface area contributed by atoms with Crippen LogP contribution in [0.4, 0.5) is 0 Å². The largest absolute Gasteiger partial charge is 0.490 e. The minimum absolute atomic E-state index is 0.402. The van der Waals surface area contributed by atoms with Crippen molar-refractivity contribution in [3.63, 3.8) is 0 Å². The second-order valence-corrected chi connectivity index (χ2v) is 5.17. The fourth-order valence-corrected chi connectivity index (χ4v) is 2.13. The molecule has 0 radical (unpaired) electrons. The molecule has 120 valence electrons. The third kappa shape index (κ3) is 4.65. The molecule has 0 aliphatic carbocycles. The van der Waals surface area contributed by atoms with Crippen molar-refractivity contribution in [3.8, 4) is 23.3 Å². The highest BCUT2D eigenvalue weighted by Crippen LogP contribution is 2.28. The van der Waals surface area contributed by atoms with Gasteiger partial charge < -0.3 is 14.2 Å². The number of nitrogens with zero attached hydrogens (tertiary/aromatic N) is 1. The van der Waals surface area contributed by atoms with Crippen LogP contribution < -0.4 is 14.2 Å². The zero-order valence-electron chi connectivity index (χ0n) is 13.8. The monoisotopic (exact) mass is 311 g/mol. The minimum atomic E-state index is 0.402. The van der Waals surface area contributed by atoms with Gasteiger partial charge in [0.15, 0.2) is 11.5 Å². The van der Waals surface area contributed by atoms with E-state index < -0.39 is 0 Å². The maximum absolute atomic E-state index is 8.94. The number of nitriles is 1. The van der Waals surface area contributed by atoms with Crippen molar-refractivity contribution >= 4 is 0 Å². The third-order valence-corrected chi connectivity index (χ3v) is 3.31. The standard InChI is InChI=1S/C19H21NO3/c1-4-21-19-12-16(13-20)7-8-17(19)22-9-10-23-18-11-14(2)5-6-15(18)3/h5-8,11-12H,4,9-10H2,1-3H3. The molecule has 2 rings (SSSR count). The Hall–Kier alpha value is -2.67. The van der Waals surface area contributed by atoms with Crippen LogP contribution in [0.15, 0.2) is 36.4 Å². The van der Waals surface area contributed by atoms with Gasteiger partial charge in [0.2, 0.25) is 0 Å². The molecule has 0 spiro atoms. The van der Waals surface area contributed by atoms with Gasteiger partial charge in [0.1, 0.15) is 19.0 Å². The van der Waals surface area contributed by atoms with Crippen molar-refractivity contribution in [1.82, 2.24) is 0 Å². The van der Waals surface area contributed by atoms with Crippen LogP contribution >= 0.6 is 0 Å². The zero-order valence-corrected chi connectivity index (χ0v) is 13.8. The summed E-state index contributed by atoms with van der Waals surface area (Å²) in [4.78, 5) is 0. The van der Waals surface area contributed by atoms with Gasteiger partial charge >= 0.3 is 0 Å². The van der Waals surface area contributed by atoms with Gasteiger partial charge in [-0.2, -0.15) is 5.26 Å². The first-order valence-corrected chi connectivity index (χ1v) is 7.64. The lowest BCUT2D eigenvalue weighted by Gasteiger charge is -2.13. The number of ether oxygens (including phenoxy) is 3. The van der Waals surface area contributed by atoms with Gasteiger partial charge in [0.25, 0.3) is 0 Å². The van der Waals surface area contributed by atoms with E-state index >= 15 is 0 Å². The molecule has 0 atom stereocenters. The Labute approximate surface area is 137 Å². The Bertz CT molecular complexity index is 704. The van der Waals surface area contributed by atoms with Crippen LogP contribution in [0.5, 0.6) is 17.2 Å². The van der Waals surface area contributed by atoms with Crippen molar-refractivity contribution in [2.75, 3.05) is 19.8 Å². The average molecular weight is 311 g/mol. The SMILES string of the molecule is CCOc1cc(C#N)ccc1OCCOc1cc(C)ccc1C. The normalized spacial score (nSPS) is 10.0. The van der Waals surface area contributed by atoms with Crippen LogP contribution in [0.1, 0.15) is 23.6 Å². The van der Waals surface area contributed by atoms with E-state index in [1.807, 2.05) is 32.9 Å². The minimum Gasteiger partial charge on any atom is -0.490 e. The lowest BCUT2D eigenvalue weighted by Crippen LogP contribution is -2.10. The highest BCUT2D eigenvalue weighted by atomic mass is 16.5. The van der Waals surface area contributed by atoms with E-state index in [9.17, 15) is 0 Å². The molecule has 0 unspecified atom stereocenters. The predicted molar refractivity (Wildman–Crippen MR) is 89.2 cm³/mol. The Balaban J connectivity index is 1.93. The molecule has 0 saturated heterocycles. The molecule has 2 aromatic carbocycles. The number of hydrogen-bond donors (Lipinski definition) is 0. The van der Waals surface area contributed by atoms with E-state index in [1.165, 1.54) is 0 Å². The summed E-state index contributed by atoms with van der Waals surface area (Å²) in [6.07, 6.45) is 0. The highest BCUT2D eigenvalue weighted by molar-refractivity contribution is 5.46. The van der Waals surface area contributed by atoms with Crippen LogP contribution in [0.3, 0.4) is 0 Å². The molecule has 4 heteroatoms. The van der Waals surface area contributed by atoms with E-state index in [1.54, 1.807) is 18.2 Å². The topological polar surface area (TPSA) is 51.5 Å². The van der Waals surface area contributed by atoms with Crippen molar-refractivity contribution in [2.45, 2.75) is 20.8 Å². The van der Waals surface area contributed by atoms with E-state index in [2.05, 4.69) is 12.1 Å². The van der Waals surface area contributed by atoms with Gasteiger partial charge in [-0.05, 0) is 50.1 Å². The average Bonchev–Trinajstić information content (AvgIpc) is 2.55. The summed E-state index contributed by atoms with van der Waals surface area (Å²) in [5.74, 6) is 2.08. The van der Waals surface area contributed by atoms with Gasteiger partial charge in [-0.3, -0.25) is 0 Å². The summed E-state index contributed by atoms with van der Waals surface area (Å²) < 4.78 is 17.0. The summed E-state index contributed by atoms with van der Waals surface area (Å²) in [5.41, 5.74) is 2.81. The molecule has 0 amide bonds. The van der Waals surface area contributed by atoms with Crippen LogP contribution in [-0.2, 0) is 0 Å². The molecule has 0 bridgehead atoms. The smallest absolute Gasteiger partial charge is 0.162 e. The van der Waals surface area contributed by atoms with E-state index in [4.69, 9.17) is 19.5 Å². The summed E-state index contributed by atoms with van der Waals surface area (Å²) in [6, 6.07) is 13.4. The first-order valence-electron chi connectivity index (χ1n) is 7.64. The lowest BCUT2D eigenvalue weighted by atomic mass is 10.1. The maximum atomic E-state index is 8.94. The molecule has 0 aromatic heterocycles. The van der Waals surface area contributed by atoms with Crippen LogP contribution in [-0.4, -0.2) is 19.8 Å². The summed E-state index contributed by atoms with van der Waals surface area (Å²) in [7, 11) is 0. The summed E-state index contributed by atoms with van der Waals surface area (Å²) in [5, 5.41) is 8.94. The van der Waals surface area contributed by atoms with E-state index in [0.717, 1.165) is 16.9 Å². The van der Waals surface area contributed by atoms with Gasteiger partial charge in [-0.15, -0.1) is 0 Å². The summed E-state index contributed by atoms with van der Waals surface area (Å²) in [6.45, 7) is 7.31. The second-order valence-electron chi connectivity index (χ2n) is 5.17. The Morgan fingerprint density at radius 3 is 2.30 bits per heavy atom. The van der Waals surface area contributed by atoms with Crippen LogP contribution in [0, 0.1) is 25.2 Å². The Morgan fingerprint density at radius 2 is 1.61 bits per heavy atom. The molecule has 0 saturated carbocycles. The highest BCUT2D eigenvalue weighted by Gasteiger charge is 2.07. The van der Waals surface area contributed by atoms with Crippen LogP contribution in [0.2, 0.25) is 0 Å². The quantitative estimate of drug-likeness (QED) is 0.724. The van der Waals surface area contributed by atoms with Crippen molar-refractivity contribution in [1.29, 1.82) is 5.26 Å². The van der Waals surface area contributed by atoms with Gasteiger partial charge in [0, 0.05) is 6.07 Å². The van der Waals surface area contributed by atoms with Gasteiger partial charge in [-0.1, -0.05) is 12.1 Å². The maximum Gasteiger partial charge on any atom is 0.162 e. The molecule has 0 aliphatic rings. The predicted octanol–water partition coefficient (Wildman–Crippen LogP) is 4.03. The van der Waals surface area contributed by atoms with Gasteiger partial charge in [0.05, 0.1) is 18.2 Å². The molecule has 0 aliphatic heterocycles. The third-order valence-electron chi connectivity index (χ3n) is 3.31. The van der Waals surface area contributed by atoms with E-state index in [-0.39, 0.29) is 0 Å². The zero-order chi connectivity index (χ0) is 16.7. The summed E-state index contributed by atoms with van der Waals surface area (Å²) >= 11 is 0. The van der Waals surface area contributed by atoms with Crippen molar-refractivity contribution in [2.24, 2.45) is 0 Å². The fourth-order valence-electron chi connectivity index (χ4n) is 2.13. The van der Waals surface area contributed by atoms with Gasteiger partial charge in [-0.25, -0.2) is 0 Å². The lowest BCUT2D eigenvalue weighted by molar-refractivity contribution is 0.207. The Kier molecular flexibility index (Phi) is 5.87. The molecule has 0 N–H and O–H groups in total. The number of aryl methyl sites for hydroxylation is 2. The van der Waals surface area contributed by atoms with Crippen LogP contribution in [0.25, 0.3) is 0 Å². The van der Waals surface area contributed by atoms with Crippen molar-refractivity contribution in [3.05, 3.63) is 53.1 Å². The second kappa shape index (κ2) is 8.09. The first kappa shape index (κ1) is 16.7. The molecule has 0 fully saturated rings. The number of benzene rings is 2. The fraction of sp³-hybridized carbons (Fsp3) is 0.316. The molecular formula is C19H21NO3. The molecular weight excluding hydrogens is 290 g/mol. The number of rotatable bonds is 7. The molecule has 23 heavy (non-hydrogen) atoms. The number of hydrogen-bond acceptors (Lipinski definition) is 4. The molecule has 0 heterocycles. The molecule has 2 aromatic rings. The Morgan fingerprint density at radius 1 is 0.870 bits per heavy atom. The molecule has 4 nitrogen and oxygen atoms in total. The van der Waals surface area contributed by atoms with Crippen molar-refractivity contribution < 1.29 is 14.2 Å². The van der Waals surface area contributed by atoms with E-state index in [0.29, 0.717) is 36.9 Å².